The number of aromatic nitrogens is 2. The third kappa shape index (κ3) is 6.47. The van der Waals surface area contributed by atoms with Crippen molar-refractivity contribution in [2.75, 3.05) is 13.6 Å². The first-order valence-electron chi connectivity index (χ1n) is 9.36. The van der Waals surface area contributed by atoms with Crippen LogP contribution in [0.25, 0.3) is 0 Å². The average Bonchev–Trinajstić information content (AvgIpc) is 2.84. The van der Waals surface area contributed by atoms with Crippen molar-refractivity contribution in [3.8, 4) is 0 Å². The number of benzene rings is 1. The standard InChI is InChI=1S/C21H32BrN5.HI/c1-14(11-19-15(2)26-27(7)16(19)3)25-20(23-6)24-13-21(4,5)17-9-8-10-18(22)12-17;/h8-10,12,14H,11,13H2,1-7H3,(H2,23,24,25);1H. The number of nitrogens with zero attached hydrogens (tertiary/aromatic N) is 3. The Hall–Kier alpha value is -1.09. The lowest BCUT2D eigenvalue weighted by Gasteiger charge is -2.28. The van der Waals surface area contributed by atoms with E-state index >= 15 is 0 Å². The topological polar surface area (TPSA) is 54.2 Å². The summed E-state index contributed by atoms with van der Waals surface area (Å²) in [6, 6.07) is 8.73. The molecule has 1 aromatic carbocycles. The third-order valence-corrected chi connectivity index (χ3v) is 5.57. The summed E-state index contributed by atoms with van der Waals surface area (Å²) < 4.78 is 3.05. The van der Waals surface area contributed by atoms with Crippen LogP contribution < -0.4 is 10.6 Å². The summed E-state index contributed by atoms with van der Waals surface area (Å²) in [6.07, 6.45) is 0.918. The minimum absolute atomic E-state index is 0. The number of aryl methyl sites for hydroxylation is 2. The van der Waals surface area contributed by atoms with Crippen molar-refractivity contribution in [1.29, 1.82) is 0 Å². The summed E-state index contributed by atoms with van der Waals surface area (Å²) in [6.45, 7) is 11.6. The zero-order chi connectivity index (χ0) is 20.2. The lowest BCUT2D eigenvalue weighted by molar-refractivity contribution is 0.504. The van der Waals surface area contributed by atoms with E-state index < -0.39 is 0 Å². The van der Waals surface area contributed by atoms with Crippen LogP contribution in [0.2, 0.25) is 0 Å². The number of hydrogen-bond acceptors (Lipinski definition) is 2. The highest BCUT2D eigenvalue weighted by atomic mass is 127. The van der Waals surface area contributed by atoms with Gasteiger partial charge in [-0.3, -0.25) is 9.67 Å². The molecule has 1 heterocycles. The van der Waals surface area contributed by atoms with E-state index in [1.165, 1.54) is 16.8 Å². The van der Waals surface area contributed by atoms with Crippen LogP contribution >= 0.6 is 39.9 Å². The first-order valence-corrected chi connectivity index (χ1v) is 10.2. The molecule has 0 saturated heterocycles. The molecule has 5 nitrogen and oxygen atoms in total. The van der Waals surface area contributed by atoms with Crippen molar-refractivity contribution < 1.29 is 0 Å². The Morgan fingerprint density at radius 1 is 1.32 bits per heavy atom. The third-order valence-electron chi connectivity index (χ3n) is 5.08. The van der Waals surface area contributed by atoms with Crippen molar-refractivity contribution in [3.63, 3.8) is 0 Å². The Balaban J connectivity index is 0.00000392. The molecule has 1 aromatic heterocycles. The van der Waals surface area contributed by atoms with Crippen molar-refractivity contribution >= 4 is 45.9 Å². The van der Waals surface area contributed by atoms with E-state index in [9.17, 15) is 0 Å². The Bertz CT molecular complexity index is 813. The van der Waals surface area contributed by atoms with Gasteiger partial charge in [-0.25, -0.2) is 0 Å². The Morgan fingerprint density at radius 2 is 2.00 bits per heavy atom. The first-order chi connectivity index (χ1) is 12.6. The van der Waals surface area contributed by atoms with Crippen molar-refractivity contribution in [3.05, 3.63) is 51.3 Å². The summed E-state index contributed by atoms with van der Waals surface area (Å²) in [5, 5.41) is 11.5. The number of aliphatic imine (C=N–C) groups is 1. The van der Waals surface area contributed by atoms with Crippen molar-refractivity contribution in [2.45, 2.75) is 52.5 Å². The Kier molecular flexibility index (Phi) is 9.46. The fourth-order valence-electron chi connectivity index (χ4n) is 3.21. The number of nitrogens with one attached hydrogen (secondary N) is 2. The van der Waals surface area contributed by atoms with Gasteiger partial charge in [0.05, 0.1) is 5.69 Å². The van der Waals surface area contributed by atoms with Crippen molar-refractivity contribution in [1.82, 2.24) is 20.4 Å². The monoisotopic (exact) mass is 561 g/mol. The molecule has 0 amide bonds. The molecule has 1 atom stereocenters. The molecule has 2 aromatic rings. The van der Waals surface area contributed by atoms with Gasteiger partial charge in [0, 0.05) is 42.3 Å². The maximum Gasteiger partial charge on any atom is 0.191 e. The largest absolute Gasteiger partial charge is 0.356 e. The second-order valence-electron chi connectivity index (χ2n) is 7.84. The van der Waals surface area contributed by atoms with E-state index in [-0.39, 0.29) is 35.4 Å². The normalized spacial score (nSPS) is 13.1. The zero-order valence-electron chi connectivity index (χ0n) is 17.9. The van der Waals surface area contributed by atoms with Crippen LogP contribution in [0.15, 0.2) is 33.7 Å². The van der Waals surface area contributed by atoms with Gasteiger partial charge in [-0.05, 0) is 50.5 Å². The molecule has 1 unspecified atom stereocenters. The van der Waals surface area contributed by atoms with Gasteiger partial charge in [-0.1, -0.05) is 41.9 Å². The maximum atomic E-state index is 4.51. The molecule has 0 aliphatic carbocycles. The molecule has 2 N–H and O–H groups in total. The number of hydrogen-bond donors (Lipinski definition) is 2. The minimum Gasteiger partial charge on any atom is -0.356 e. The number of rotatable bonds is 6. The van der Waals surface area contributed by atoms with E-state index in [0.717, 1.165) is 29.1 Å². The summed E-state index contributed by atoms with van der Waals surface area (Å²) in [7, 11) is 3.81. The lowest BCUT2D eigenvalue weighted by Crippen LogP contribution is -2.47. The van der Waals surface area contributed by atoms with E-state index in [2.05, 4.69) is 95.5 Å². The quantitative estimate of drug-likeness (QED) is 0.310. The Morgan fingerprint density at radius 3 is 2.54 bits per heavy atom. The van der Waals surface area contributed by atoms with Gasteiger partial charge >= 0.3 is 0 Å². The van der Waals surface area contributed by atoms with Gasteiger partial charge in [0.2, 0.25) is 0 Å². The fourth-order valence-corrected chi connectivity index (χ4v) is 3.61. The average molecular weight is 562 g/mol. The van der Waals surface area contributed by atoms with Crippen LogP contribution in [0.1, 0.15) is 43.3 Å². The van der Waals surface area contributed by atoms with E-state index in [1.54, 1.807) is 0 Å². The molecule has 0 radical (unpaired) electrons. The molecule has 28 heavy (non-hydrogen) atoms. The van der Waals surface area contributed by atoms with Gasteiger partial charge in [0.25, 0.3) is 0 Å². The summed E-state index contributed by atoms with van der Waals surface area (Å²) in [5.74, 6) is 0.824. The zero-order valence-corrected chi connectivity index (χ0v) is 21.8. The van der Waals surface area contributed by atoms with E-state index in [1.807, 2.05) is 18.8 Å². The van der Waals surface area contributed by atoms with Crippen LogP contribution in [-0.2, 0) is 18.9 Å². The highest BCUT2D eigenvalue weighted by molar-refractivity contribution is 14.0. The summed E-state index contributed by atoms with van der Waals surface area (Å²) in [4.78, 5) is 4.40. The molecule has 0 spiro atoms. The molecule has 0 aliphatic rings. The molecule has 0 saturated carbocycles. The molecule has 0 bridgehead atoms. The predicted molar refractivity (Wildman–Crippen MR) is 133 cm³/mol. The van der Waals surface area contributed by atoms with Crippen LogP contribution in [0.4, 0.5) is 0 Å². The lowest BCUT2D eigenvalue weighted by atomic mass is 9.85. The fraction of sp³-hybridized carbons (Fsp3) is 0.524. The first kappa shape index (κ1) is 24.9. The Labute approximate surface area is 194 Å². The van der Waals surface area contributed by atoms with Gasteiger partial charge in [0.1, 0.15) is 0 Å². The summed E-state index contributed by atoms with van der Waals surface area (Å²) in [5.41, 5.74) is 4.90. The second kappa shape index (κ2) is 10.6. The molecular formula is C21H33BrIN5. The van der Waals surface area contributed by atoms with Crippen LogP contribution in [0.3, 0.4) is 0 Å². The molecule has 0 fully saturated rings. The van der Waals surface area contributed by atoms with Gasteiger partial charge in [-0.2, -0.15) is 5.10 Å². The number of halogens is 2. The highest BCUT2D eigenvalue weighted by Crippen LogP contribution is 2.25. The van der Waals surface area contributed by atoms with Crippen molar-refractivity contribution in [2.24, 2.45) is 12.0 Å². The second-order valence-corrected chi connectivity index (χ2v) is 8.76. The minimum atomic E-state index is -0.0127. The molecule has 2 rings (SSSR count). The molecular weight excluding hydrogens is 529 g/mol. The van der Waals surface area contributed by atoms with Crippen LogP contribution in [0.5, 0.6) is 0 Å². The molecule has 0 aliphatic heterocycles. The SMILES string of the molecule is CN=C(NCC(C)(C)c1cccc(Br)c1)NC(C)Cc1c(C)nn(C)c1C.I. The predicted octanol–water partition coefficient (Wildman–Crippen LogP) is 4.49. The highest BCUT2D eigenvalue weighted by Gasteiger charge is 2.22. The number of guanidine groups is 1. The summed E-state index contributed by atoms with van der Waals surface area (Å²) >= 11 is 3.56. The molecule has 7 heteroatoms. The smallest absolute Gasteiger partial charge is 0.191 e. The van der Waals surface area contributed by atoms with Gasteiger partial charge in [-0.15, -0.1) is 24.0 Å². The van der Waals surface area contributed by atoms with Gasteiger partial charge in [0.15, 0.2) is 5.96 Å². The van der Waals surface area contributed by atoms with Gasteiger partial charge < -0.3 is 10.6 Å². The van der Waals surface area contributed by atoms with Crippen LogP contribution in [0, 0.1) is 13.8 Å². The van der Waals surface area contributed by atoms with E-state index in [4.69, 9.17) is 0 Å². The van der Waals surface area contributed by atoms with E-state index in [0.29, 0.717) is 0 Å². The molecule has 156 valence electrons. The maximum absolute atomic E-state index is 4.51. The van der Waals surface area contributed by atoms with Crippen LogP contribution in [-0.4, -0.2) is 35.4 Å².